The van der Waals surface area contributed by atoms with E-state index < -0.39 is 0 Å². The summed E-state index contributed by atoms with van der Waals surface area (Å²) in [5.74, 6) is 2.34. The summed E-state index contributed by atoms with van der Waals surface area (Å²) in [5.41, 5.74) is 6.74. The summed E-state index contributed by atoms with van der Waals surface area (Å²) in [4.78, 5) is 4.44. The number of anilines is 1. The molecule has 0 atom stereocenters. The Labute approximate surface area is 85.2 Å². The molecule has 0 amide bonds. The lowest BCUT2D eigenvalue weighted by atomic mass is 10.3. The zero-order valence-electron chi connectivity index (χ0n) is 7.53. The van der Waals surface area contributed by atoms with E-state index in [4.69, 9.17) is 5.73 Å². The summed E-state index contributed by atoms with van der Waals surface area (Å²) in [6.45, 7) is 0. The highest BCUT2D eigenvalue weighted by atomic mass is 32.1. The van der Waals surface area contributed by atoms with Crippen LogP contribution < -0.4 is 5.73 Å². The van der Waals surface area contributed by atoms with Crippen molar-refractivity contribution in [2.24, 2.45) is 0 Å². The number of aromatic amines is 1. The van der Waals surface area contributed by atoms with Gasteiger partial charge in [-0.1, -0.05) is 0 Å². The highest BCUT2D eigenvalue weighted by Gasteiger charge is 2.27. The van der Waals surface area contributed by atoms with Gasteiger partial charge < -0.3 is 5.73 Å². The van der Waals surface area contributed by atoms with E-state index in [1.54, 1.807) is 0 Å². The molecule has 1 aliphatic carbocycles. The lowest BCUT2D eigenvalue weighted by molar-refractivity contribution is 0.935. The van der Waals surface area contributed by atoms with Gasteiger partial charge in [0.2, 0.25) is 0 Å². The number of nitrogens with zero attached hydrogens (tertiary/aromatic N) is 2. The number of thiophene rings is 1. The van der Waals surface area contributed by atoms with E-state index in [9.17, 15) is 0 Å². The van der Waals surface area contributed by atoms with Crippen molar-refractivity contribution >= 4 is 16.3 Å². The third-order valence-electron chi connectivity index (χ3n) is 2.40. The molecule has 5 heteroatoms. The topological polar surface area (TPSA) is 67.6 Å². The van der Waals surface area contributed by atoms with Gasteiger partial charge in [0.05, 0.1) is 10.6 Å². The summed E-state index contributed by atoms with van der Waals surface area (Å²) < 4.78 is 0. The Morgan fingerprint density at radius 3 is 3.00 bits per heavy atom. The van der Waals surface area contributed by atoms with Crippen LogP contribution in [0, 0.1) is 0 Å². The fourth-order valence-corrected chi connectivity index (χ4v) is 2.08. The van der Waals surface area contributed by atoms with Crippen LogP contribution in [0.2, 0.25) is 0 Å². The van der Waals surface area contributed by atoms with Crippen LogP contribution in [0.4, 0.5) is 5.00 Å². The summed E-state index contributed by atoms with van der Waals surface area (Å²) >= 11 is 1.52. The van der Waals surface area contributed by atoms with Crippen LogP contribution in [0.5, 0.6) is 0 Å². The van der Waals surface area contributed by atoms with Crippen molar-refractivity contribution in [2.45, 2.75) is 18.8 Å². The van der Waals surface area contributed by atoms with Gasteiger partial charge in [0.25, 0.3) is 0 Å². The maximum atomic E-state index is 5.80. The van der Waals surface area contributed by atoms with Crippen LogP contribution in [0.25, 0.3) is 11.4 Å². The molecular weight excluding hydrogens is 196 g/mol. The highest BCUT2D eigenvalue weighted by Crippen LogP contribution is 2.39. The van der Waals surface area contributed by atoms with Crippen molar-refractivity contribution in [3.63, 3.8) is 0 Å². The summed E-state index contributed by atoms with van der Waals surface area (Å²) in [5, 5.41) is 9.88. The fourth-order valence-electron chi connectivity index (χ4n) is 1.44. The lowest BCUT2D eigenvalue weighted by Crippen LogP contribution is -1.85. The molecule has 0 saturated heterocycles. The summed E-state index contributed by atoms with van der Waals surface area (Å²) in [6.07, 6.45) is 2.46. The van der Waals surface area contributed by atoms with Crippen LogP contribution >= 0.6 is 11.3 Å². The molecule has 2 aromatic rings. The van der Waals surface area contributed by atoms with Crippen LogP contribution in [0.15, 0.2) is 11.4 Å². The number of hydrogen-bond donors (Lipinski definition) is 2. The Bertz CT molecular complexity index is 455. The van der Waals surface area contributed by atoms with Gasteiger partial charge in [0.15, 0.2) is 5.82 Å². The second-order valence-electron chi connectivity index (χ2n) is 3.52. The first-order valence-corrected chi connectivity index (χ1v) is 5.48. The minimum Gasteiger partial charge on any atom is -0.390 e. The molecule has 1 saturated carbocycles. The van der Waals surface area contributed by atoms with E-state index in [-0.39, 0.29) is 0 Å². The second kappa shape index (κ2) is 2.81. The molecule has 1 aliphatic rings. The molecule has 0 aliphatic heterocycles. The van der Waals surface area contributed by atoms with Gasteiger partial charge in [-0.3, -0.25) is 5.10 Å². The fraction of sp³-hybridized carbons (Fsp3) is 0.333. The number of aromatic nitrogens is 3. The van der Waals surface area contributed by atoms with E-state index in [0.717, 1.165) is 22.2 Å². The molecule has 3 rings (SSSR count). The number of rotatable bonds is 2. The Kier molecular flexibility index (Phi) is 1.61. The van der Waals surface area contributed by atoms with Crippen molar-refractivity contribution in [2.75, 3.05) is 5.73 Å². The molecule has 4 nitrogen and oxygen atoms in total. The van der Waals surface area contributed by atoms with Crippen LogP contribution in [0.1, 0.15) is 24.6 Å². The molecule has 2 heterocycles. The van der Waals surface area contributed by atoms with Crippen molar-refractivity contribution in [1.29, 1.82) is 0 Å². The number of nitrogens with two attached hydrogens (primary N) is 1. The van der Waals surface area contributed by atoms with Gasteiger partial charge in [0, 0.05) is 5.92 Å². The van der Waals surface area contributed by atoms with Crippen LogP contribution in [-0.2, 0) is 0 Å². The van der Waals surface area contributed by atoms with Crippen molar-refractivity contribution in [3.8, 4) is 11.4 Å². The Hall–Kier alpha value is -1.36. The van der Waals surface area contributed by atoms with Gasteiger partial charge in [-0.05, 0) is 24.3 Å². The number of nitrogens with one attached hydrogen (secondary N) is 1. The maximum Gasteiger partial charge on any atom is 0.184 e. The smallest absolute Gasteiger partial charge is 0.184 e. The number of hydrogen-bond acceptors (Lipinski definition) is 4. The molecule has 0 radical (unpaired) electrons. The average Bonchev–Trinajstić information content (AvgIpc) is 2.75. The molecule has 3 N–H and O–H groups in total. The Morgan fingerprint density at radius 2 is 2.36 bits per heavy atom. The van der Waals surface area contributed by atoms with E-state index in [0.29, 0.717) is 5.92 Å². The first-order chi connectivity index (χ1) is 6.84. The molecule has 1 fully saturated rings. The predicted octanol–water partition coefficient (Wildman–Crippen LogP) is 1.99. The first-order valence-electron chi connectivity index (χ1n) is 4.60. The first kappa shape index (κ1) is 7.99. The zero-order chi connectivity index (χ0) is 9.54. The van der Waals surface area contributed by atoms with Gasteiger partial charge >= 0.3 is 0 Å². The molecule has 72 valence electrons. The SMILES string of the molecule is Nc1sccc1-c1n[nH]c(C2CC2)n1. The summed E-state index contributed by atoms with van der Waals surface area (Å²) in [7, 11) is 0. The Balaban J connectivity index is 1.99. The third kappa shape index (κ3) is 1.21. The standard InChI is InChI=1S/C9H10N4S/c10-7-6(3-4-14-7)9-11-8(12-13-9)5-1-2-5/h3-5H,1-2,10H2,(H,11,12,13). The Morgan fingerprint density at radius 1 is 1.50 bits per heavy atom. The van der Waals surface area contributed by atoms with E-state index >= 15 is 0 Å². The van der Waals surface area contributed by atoms with Gasteiger partial charge in [-0.15, -0.1) is 11.3 Å². The number of nitrogen functional groups attached to an aromatic ring is 1. The minimum atomic E-state index is 0.608. The quantitative estimate of drug-likeness (QED) is 0.789. The largest absolute Gasteiger partial charge is 0.390 e. The monoisotopic (exact) mass is 206 g/mol. The molecular formula is C9H10N4S. The van der Waals surface area contributed by atoms with Crippen molar-refractivity contribution in [3.05, 3.63) is 17.3 Å². The molecule has 0 bridgehead atoms. The highest BCUT2D eigenvalue weighted by molar-refractivity contribution is 7.14. The second-order valence-corrected chi connectivity index (χ2v) is 4.46. The van der Waals surface area contributed by atoms with Crippen molar-refractivity contribution < 1.29 is 0 Å². The third-order valence-corrected chi connectivity index (χ3v) is 3.15. The minimum absolute atomic E-state index is 0.608. The van der Waals surface area contributed by atoms with Gasteiger partial charge in [-0.2, -0.15) is 5.10 Å². The van der Waals surface area contributed by atoms with Gasteiger partial charge in [-0.25, -0.2) is 4.98 Å². The maximum absolute atomic E-state index is 5.80. The molecule has 2 aromatic heterocycles. The van der Waals surface area contributed by atoms with Crippen molar-refractivity contribution in [1.82, 2.24) is 15.2 Å². The van der Waals surface area contributed by atoms with Gasteiger partial charge in [0.1, 0.15) is 5.82 Å². The van der Waals surface area contributed by atoms with E-state index in [2.05, 4.69) is 15.2 Å². The molecule has 14 heavy (non-hydrogen) atoms. The van der Waals surface area contributed by atoms with Crippen LogP contribution in [0.3, 0.4) is 0 Å². The van der Waals surface area contributed by atoms with E-state index in [1.807, 2.05) is 11.4 Å². The number of H-pyrrole nitrogens is 1. The molecule has 0 unspecified atom stereocenters. The molecule has 0 aromatic carbocycles. The zero-order valence-corrected chi connectivity index (χ0v) is 8.34. The van der Waals surface area contributed by atoms with Crippen LogP contribution in [-0.4, -0.2) is 15.2 Å². The molecule has 0 spiro atoms. The predicted molar refractivity (Wildman–Crippen MR) is 56.1 cm³/mol. The van der Waals surface area contributed by atoms with E-state index in [1.165, 1.54) is 24.2 Å². The normalized spacial score (nSPS) is 16.0. The summed E-state index contributed by atoms with van der Waals surface area (Å²) in [6, 6.07) is 1.96. The lowest BCUT2D eigenvalue weighted by Gasteiger charge is -1.90. The average molecular weight is 206 g/mol.